The van der Waals surface area contributed by atoms with Gasteiger partial charge in [0.25, 0.3) is 0 Å². The summed E-state index contributed by atoms with van der Waals surface area (Å²) >= 11 is 0. The molecule has 2 atom stereocenters. The molecule has 0 aromatic heterocycles. The molecule has 1 saturated heterocycles. The van der Waals surface area contributed by atoms with Crippen molar-refractivity contribution in [3.63, 3.8) is 0 Å². The Hall–Kier alpha value is -3.75. The van der Waals surface area contributed by atoms with E-state index in [0.29, 0.717) is 65.3 Å². The summed E-state index contributed by atoms with van der Waals surface area (Å²) in [5, 5.41) is 42.8. The number of benzene rings is 2. The molecule has 13 nitrogen and oxygen atoms in total. The SMILES string of the molecule is O=C(O)CN1CCNCCN(CC(=O)O)C(CC(O)CCCCCCCCCOc2ccc(OCc3ccccc3)cc2)CN(CC(=O)O)CC1. The van der Waals surface area contributed by atoms with Crippen LogP contribution in [0.1, 0.15) is 63.4 Å². The Balaban J connectivity index is 1.34. The third kappa shape index (κ3) is 18.9. The minimum absolute atomic E-state index is 0.147. The van der Waals surface area contributed by atoms with Gasteiger partial charge in [0.2, 0.25) is 0 Å². The lowest BCUT2D eigenvalue weighted by atomic mass is 10.0. The lowest BCUT2D eigenvalue weighted by molar-refractivity contribution is -0.141. The number of aliphatic hydroxyl groups excluding tert-OH is 1. The van der Waals surface area contributed by atoms with E-state index in [1.54, 1.807) is 9.80 Å². The zero-order chi connectivity index (χ0) is 36.7. The van der Waals surface area contributed by atoms with Crippen LogP contribution in [0.4, 0.5) is 0 Å². The molecule has 3 rings (SSSR count). The first kappa shape index (κ1) is 41.7. The molecule has 1 aliphatic rings. The summed E-state index contributed by atoms with van der Waals surface area (Å²) in [4.78, 5) is 40.1. The van der Waals surface area contributed by atoms with Gasteiger partial charge in [0, 0.05) is 51.9 Å². The Bertz CT molecular complexity index is 1270. The number of nitrogens with one attached hydrogen (secondary N) is 1. The first-order valence-electron chi connectivity index (χ1n) is 18.3. The van der Waals surface area contributed by atoms with Gasteiger partial charge in [0.1, 0.15) is 18.1 Å². The van der Waals surface area contributed by atoms with Crippen molar-refractivity contribution in [2.75, 3.05) is 72.1 Å². The van der Waals surface area contributed by atoms with Gasteiger partial charge in [-0.2, -0.15) is 0 Å². The predicted molar refractivity (Wildman–Crippen MR) is 194 cm³/mol. The fourth-order valence-corrected chi connectivity index (χ4v) is 6.32. The number of carbonyl (C=O) groups is 3. The fraction of sp³-hybridized carbons (Fsp3) is 0.605. The highest BCUT2D eigenvalue weighted by molar-refractivity contribution is 5.70. The summed E-state index contributed by atoms with van der Waals surface area (Å²) in [6, 6.07) is 17.4. The van der Waals surface area contributed by atoms with Crippen molar-refractivity contribution >= 4 is 17.9 Å². The topological polar surface area (TPSA) is 172 Å². The molecule has 0 amide bonds. The van der Waals surface area contributed by atoms with E-state index >= 15 is 0 Å². The van der Waals surface area contributed by atoms with Gasteiger partial charge in [-0.05, 0) is 49.1 Å². The second-order valence-electron chi connectivity index (χ2n) is 13.3. The average Bonchev–Trinajstić information content (AvgIpc) is 3.09. The molecular formula is C38H58N4O9. The van der Waals surface area contributed by atoms with Crippen molar-refractivity contribution in [1.29, 1.82) is 0 Å². The Morgan fingerprint density at radius 2 is 1.25 bits per heavy atom. The van der Waals surface area contributed by atoms with Crippen molar-refractivity contribution < 1.29 is 44.3 Å². The number of ether oxygens (including phenoxy) is 2. The van der Waals surface area contributed by atoms with Crippen LogP contribution in [0.3, 0.4) is 0 Å². The number of aliphatic carboxylic acids is 3. The number of carboxylic acid groups (broad SMARTS) is 3. The highest BCUT2D eigenvalue weighted by atomic mass is 16.5. The van der Waals surface area contributed by atoms with Gasteiger partial charge in [-0.15, -0.1) is 0 Å². The minimum Gasteiger partial charge on any atom is -0.494 e. The predicted octanol–water partition coefficient (Wildman–Crippen LogP) is 3.65. The van der Waals surface area contributed by atoms with E-state index in [-0.39, 0.29) is 32.2 Å². The summed E-state index contributed by atoms with van der Waals surface area (Å²) in [7, 11) is 0. The third-order valence-electron chi connectivity index (χ3n) is 9.02. The molecule has 5 N–H and O–H groups in total. The average molecular weight is 715 g/mol. The third-order valence-corrected chi connectivity index (χ3v) is 9.02. The molecule has 2 unspecified atom stereocenters. The maximum atomic E-state index is 11.8. The molecule has 2 aromatic carbocycles. The number of unbranched alkanes of at least 4 members (excludes halogenated alkanes) is 6. The maximum Gasteiger partial charge on any atom is 0.317 e. The molecule has 2 aromatic rings. The van der Waals surface area contributed by atoms with Crippen LogP contribution < -0.4 is 14.8 Å². The van der Waals surface area contributed by atoms with Gasteiger partial charge in [-0.25, -0.2) is 0 Å². The Kier molecular flexibility index (Phi) is 20.0. The number of hydrogen-bond donors (Lipinski definition) is 5. The van der Waals surface area contributed by atoms with Crippen LogP contribution in [-0.2, 0) is 21.0 Å². The summed E-state index contributed by atoms with van der Waals surface area (Å²) in [6.45, 7) is 3.41. The fourth-order valence-electron chi connectivity index (χ4n) is 6.32. The molecule has 0 aliphatic carbocycles. The number of hydrogen-bond acceptors (Lipinski definition) is 10. The summed E-state index contributed by atoms with van der Waals surface area (Å²) < 4.78 is 11.7. The van der Waals surface area contributed by atoms with E-state index < -0.39 is 24.0 Å². The Morgan fingerprint density at radius 1 is 0.686 bits per heavy atom. The van der Waals surface area contributed by atoms with Crippen LogP contribution in [0, 0.1) is 0 Å². The van der Waals surface area contributed by atoms with Gasteiger partial charge in [0.15, 0.2) is 0 Å². The molecule has 284 valence electrons. The van der Waals surface area contributed by atoms with Gasteiger partial charge < -0.3 is 35.2 Å². The van der Waals surface area contributed by atoms with Crippen molar-refractivity contribution in [3.8, 4) is 11.5 Å². The molecule has 51 heavy (non-hydrogen) atoms. The molecule has 0 radical (unpaired) electrons. The van der Waals surface area contributed by atoms with E-state index in [2.05, 4.69) is 5.32 Å². The Labute approximate surface area is 302 Å². The smallest absolute Gasteiger partial charge is 0.317 e. The molecule has 0 saturated carbocycles. The lowest BCUT2D eigenvalue weighted by Crippen LogP contribution is -2.52. The van der Waals surface area contributed by atoms with Crippen LogP contribution in [0.25, 0.3) is 0 Å². The molecule has 0 spiro atoms. The number of carboxylic acids is 3. The normalized spacial score (nSPS) is 17.5. The Morgan fingerprint density at radius 3 is 1.92 bits per heavy atom. The van der Waals surface area contributed by atoms with Crippen molar-refractivity contribution in [2.24, 2.45) is 0 Å². The molecule has 1 aliphatic heterocycles. The highest BCUT2D eigenvalue weighted by Crippen LogP contribution is 2.20. The van der Waals surface area contributed by atoms with E-state index in [1.807, 2.05) is 59.5 Å². The van der Waals surface area contributed by atoms with Crippen LogP contribution >= 0.6 is 0 Å². The van der Waals surface area contributed by atoms with Crippen LogP contribution in [0.15, 0.2) is 54.6 Å². The van der Waals surface area contributed by atoms with Gasteiger partial charge in [-0.3, -0.25) is 29.1 Å². The standard InChI is InChI=1S/C38H58N4O9/c43-33(13-9-4-2-1-3-5-10-24-50-34-14-16-35(17-15-34)51-30-31-11-7-6-8-12-31)25-32-26-41(28-37(46)47)23-22-40(27-36(44)45)20-18-39-19-21-42(32)29-38(48)49/h6-8,11-12,14-17,32-33,39,43H,1-5,9-10,13,18-30H2,(H,44,45)(H,46,47)(H,48,49). The van der Waals surface area contributed by atoms with Crippen LogP contribution in [0.5, 0.6) is 11.5 Å². The number of aliphatic hydroxyl groups is 1. The molecule has 1 fully saturated rings. The van der Waals surface area contributed by atoms with E-state index in [4.69, 9.17) is 9.47 Å². The number of rotatable bonds is 22. The summed E-state index contributed by atoms with van der Waals surface area (Å²) in [5.41, 5.74) is 1.12. The zero-order valence-corrected chi connectivity index (χ0v) is 29.9. The minimum atomic E-state index is -1.01. The van der Waals surface area contributed by atoms with Crippen molar-refractivity contribution in [1.82, 2.24) is 20.0 Å². The monoisotopic (exact) mass is 714 g/mol. The second-order valence-corrected chi connectivity index (χ2v) is 13.3. The number of nitrogens with zero attached hydrogens (tertiary/aromatic N) is 3. The van der Waals surface area contributed by atoms with Gasteiger partial charge >= 0.3 is 17.9 Å². The van der Waals surface area contributed by atoms with E-state index in [1.165, 1.54) is 0 Å². The summed E-state index contributed by atoms with van der Waals surface area (Å²) in [6.07, 6.45) is 7.45. The van der Waals surface area contributed by atoms with E-state index in [9.17, 15) is 34.8 Å². The maximum absolute atomic E-state index is 11.8. The quantitative estimate of drug-likeness (QED) is 0.112. The highest BCUT2D eigenvalue weighted by Gasteiger charge is 2.27. The lowest BCUT2D eigenvalue weighted by Gasteiger charge is -2.37. The van der Waals surface area contributed by atoms with E-state index in [0.717, 1.165) is 62.0 Å². The van der Waals surface area contributed by atoms with Crippen LogP contribution in [0.2, 0.25) is 0 Å². The first-order valence-corrected chi connectivity index (χ1v) is 18.3. The molecule has 0 bridgehead atoms. The van der Waals surface area contributed by atoms with Crippen molar-refractivity contribution in [2.45, 2.75) is 76.5 Å². The van der Waals surface area contributed by atoms with Crippen molar-refractivity contribution in [3.05, 3.63) is 60.2 Å². The summed E-state index contributed by atoms with van der Waals surface area (Å²) in [5.74, 6) is -1.31. The molecular weight excluding hydrogens is 656 g/mol. The van der Waals surface area contributed by atoms with Gasteiger partial charge in [0.05, 0.1) is 32.3 Å². The molecule has 13 heteroatoms. The van der Waals surface area contributed by atoms with Gasteiger partial charge in [-0.1, -0.05) is 68.9 Å². The van der Waals surface area contributed by atoms with Crippen LogP contribution in [-0.4, -0.2) is 137 Å². The second kappa shape index (κ2) is 24.4. The molecule has 1 heterocycles. The zero-order valence-electron chi connectivity index (χ0n) is 29.9. The largest absolute Gasteiger partial charge is 0.494 e. The first-order chi connectivity index (χ1) is 24.7.